The minimum Gasteiger partial charge on any atom is -0.370 e. The van der Waals surface area contributed by atoms with Crippen LogP contribution >= 0.6 is 0 Å². The standard InChI is InChI=1S/C5H7NO/c7-5-3-1-2-4-6-5/h1-7H. The van der Waals surface area contributed by atoms with Gasteiger partial charge in [0.15, 0.2) is 0 Å². The number of nitrogens with one attached hydrogen (secondary N) is 1. The molecule has 0 aromatic carbocycles. The van der Waals surface area contributed by atoms with Gasteiger partial charge in [-0.2, -0.15) is 0 Å². The summed E-state index contributed by atoms with van der Waals surface area (Å²) in [7, 11) is 0. The molecule has 2 nitrogen and oxygen atoms in total. The topological polar surface area (TPSA) is 32.3 Å². The molecule has 0 amide bonds. The molecule has 0 bridgehead atoms. The van der Waals surface area contributed by atoms with Crippen molar-refractivity contribution in [1.82, 2.24) is 5.32 Å². The third-order valence-electron chi connectivity index (χ3n) is 0.768. The highest BCUT2D eigenvalue weighted by molar-refractivity contribution is 5.08. The number of allylic oxidation sites excluding steroid dienone is 2. The van der Waals surface area contributed by atoms with E-state index in [0.29, 0.717) is 0 Å². The third kappa shape index (κ3) is 1.05. The summed E-state index contributed by atoms with van der Waals surface area (Å²) >= 11 is 0. The van der Waals surface area contributed by atoms with Gasteiger partial charge in [0, 0.05) is 0 Å². The van der Waals surface area contributed by atoms with Gasteiger partial charge in [-0.1, -0.05) is 6.08 Å². The molecule has 0 saturated carbocycles. The van der Waals surface area contributed by atoms with E-state index in [0.717, 1.165) is 0 Å². The van der Waals surface area contributed by atoms with Crippen LogP contribution < -0.4 is 5.32 Å². The van der Waals surface area contributed by atoms with Gasteiger partial charge in [0.25, 0.3) is 0 Å². The van der Waals surface area contributed by atoms with Crippen LogP contribution in [-0.2, 0) is 0 Å². The zero-order valence-electron chi connectivity index (χ0n) is 3.83. The Morgan fingerprint density at radius 3 is 2.57 bits per heavy atom. The molecule has 0 fully saturated rings. The largest absolute Gasteiger partial charge is 0.370 e. The fourth-order valence-corrected chi connectivity index (χ4v) is 0.435. The molecule has 1 rings (SSSR count). The zero-order chi connectivity index (χ0) is 5.11. The van der Waals surface area contributed by atoms with E-state index in [1.165, 1.54) is 0 Å². The molecule has 0 aromatic rings. The SMILES string of the molecule is OC1C=CC=CN1. The summed E-state index contributed by atoms with van der Waals surface area (Å²) in [5.74, 6) is 0. The molecule has 0 radical (unpaired) electrons. The maximum Gasteiger partial charge on any atom is 0.143 e. The van der Waals surface area contributed by atoms with Crippen LogP contribution in [0.1, 0.15) is 0 Å². The number of aliphatic hydroxyl groups is 1. The first-order chi connectivity index (χ1) is 3.39. The monoisotopic (exact) mass is 97.1 g/mol. The summed E-state index contributed by atoms with van der Waals surface area (Å²) in [6, 6.07) is 0. The highest BCUT2D eigenvalue weighted by Gasteiger charge is 1.92. The lowest BCUT2D eigenvalue weighted by molar-refractivity contribution is 0.201. The second-order valence-electron chi connectivity index (χ2n) is 1.36. The van der Waals surface area contributed by atoms with Crippen LogP contribution in [0, 0.1) is 0 Å². The maximum absolute atomic E-state index is 8.66. The van der Waals surface area contributed by atoms with E-state index in [-0.39, 0.29) is 0 Å². The first-order valence-corrected chi connectivity index (χ1v) is 2.17. The predicted octanol–water partition coefficient (Wildman–Crippen LogP) is -0.0221. The van der Waals surface area contributed by atoms with Crippen molar-refractivity contribution >= 4 is 0 Å². The Balaban J connectivity index is 2.49. The molecule has 7 heavy (non-hydrogen) atoms. The third-order valence-corrected chi connectivity index (χ3v) is 0.768. The van der Waals surface area contributed by atoms with E-state index >= 15 is 0 Å². The Labute approximate surface area is 42.2 Å². The van der Waals surface area contributed by atoms with Gasteiger partial charge in [0.1, 0.15) is 6.23 Å². The van der Waals surface area contributed by atoms with Crippen molar-refractivity contribution in [3.8, 4) is 0 Å². The molecule has 1 aliphatic heterocycles. The van der Waals surface area contributed by atoms with Gasteiger partial charge < -0.3 is 10.4 Å². The van der Waals surface area contributed by atoms with Crippen molar-refractivity contribution in [2.45, 2.75) is 6.23 Å². The van der Waals surface area contributed by atoms with E-state index in [4.69, 9.17) is 5.11 Å². The van der Waals surface area contributed by atoms with Crippen LogP contribution in [0.2, 0.25) is 0 Å². The summed E-state index contributed by atoms with van der Waals surface area (Å²) in [5, 5.41) is 11.3. The second kappa shape index (κ2) is 1.80. The Morgan fingerprint density at radius 1 is 1.43 bits per heavy atom. The van der Waals surface area contributed by atoms with E-state index in [2.05, 4.69) is 5.32 Å². The lowest BCUT2D eigenvalue weighted by atomic mass is 10.4. The molecule has 1 aliphatic rings. The van der Waals surface area contributed by atoms with Crippen LogP contribution in [0.25, 0.3) is 0 Å². The van der Waals surface area contributed by atoms with Crippen molar-refractivity contribution in [2.24, 2.45) is 0 Å². The van der Waals surface area contributed by atoms with Crippen molar-refractivity contribution in [3.63, 3.8) is 0 Å². The summed E-state index contributed by atoms with van der Waals surface area (Å²) in [5.41, 5.74) is 0. The number of aliphatic hydroxyl groups excluding tert-OH is 1. The van der Waals surface area contributed by atoms with Gasteiger partial charge in [0.2, 0.25) is 0 Å². The van der Waals surface area contributed by atoms with E-state index in [9.17, 15) is 0 Å². The molecule has 1 unspecified atom stereocenters. The van der Waals surface area contributed by atoms with Crippen molar-refractivity contribution in [1.29, 1.82) is 0 Å². The lowest BCUT2D eigenvalue weighted by Crippen LogP contribution is -2.21. The molecule has 38 valence electrons. The number of hydrogen-bond acceptors (Lipinski definition) is 2. The van der Waals surface area contributed by atoms with Gasteiger partial charge >= 0.3 is 0 Å². The summed E-state index contributed by atoms with van der Waals surface area (Å²) in [6.07, 6.45) is 6.50. The number of dihydropyridines is 1. The Bertz CT molecular complexity index is 107. The Kier molecular flexibility index (Phi) is 1.13. The minimum atomic E-state index is -0.481. The molecule has 0 aromatic heterocycles. The van der Waals surface area contributed by atoms with Crippen LogP contribution in [-0.4, -0.2) is 11.3 Å². The van der Waals surface area contributed by atoms with E-state index in [1.54, 1.807) is 18.4 Å². The van der Waals surface area contributed by atoms with E-state index in [1.807, 2.05) is 6.08 Å². The van der Waals surface area contributed by atoms with Crippen LogP contribution in [0.5, 0.6) is 0 Å². The summed E-state index contributed by atoms with van der Waals surface area (Å²) in [6.45, 7) is 0. The average molecular weight is 97.1 g/mol. The van der Waals surface area contributed by atoms with Gasteiger partial charge in [-0.3, -0.25) is 0 Å². The fraction of sp³-hybridized carbons (Fsp3) is 0.200. The molecular weight excluding hydrogens is 90.1 g/mol. The van der Waals surface area contributed by atoms with E-state index < -0.39 is 6.23 Å². The fourth-order valence-electron chi connectivity index (χ4n) is 0.435. The van der Waals surface area contributed by atoms with Gasteiger partial charge in [-0.05, 0) is 18.4 Å². The smallest absolute Gasteiger partial charge is 0.143 e. The first-order valence-electron chi connectivity index (χ1n) is 2.17. The molecule has 0 saturated heterocycles. The Hall–Kier alpha value is -0.760. The molecule has 1 heterocycles. The predicted molar refractivity (Wildman–Crippen MR) is 27.4 cm³/mol. The van der Waals surface area contributed by atoms with Crippen molar-refractivity contribution in [3.05, 3.63) is 24.4 Å². The molecule has 2 heteroatoms. The molecule has 0 aliphatic carbocycles. The molecule has 1 atom stereocenters. The van der Waals surface area contributed by atoms with Gasteiger partial charge in [0.05, 0.1) is 0 Å². The van der Waals surface area contributed by atoms with Crippen LogP contribution in [0.15, 0.2) is 24.4 Å². The maximum atomic E-state index is 8.66. The number of hydrogen-bond donors (Lipinski definition) is 2. The van der Waals surface area contributed by atoms with Crippen LogP contribution in [0.4, 0.5) is 0 Å². The second-order valence-corrected chi connectivity index (χ2v) is 1.36. The Morgan fingerprint density at radius 2 is 2.29 bits per heavy atom. The molecule has 0 spiro atoms. The van der Waals surface area contributed by atoms with Crippen molar-refractivity contribution < 1.29 is 5.11 Å². The molecule has 2 N–H and O–H groups in total. The summed E-state index contributed by atoms with van der Waals surface area (Å²) in [4.78, 5) is 0. The van der Waals surface area contributed by atoms with Crippen LogP contribution in [0.3, 0.4) is 0 Å². The first kappa shape index (κ1) is 4.40. The minimum absolute atomic E-state index is 0.481. The summed E-state index contributed by atoms with van der Waals surface area (Å²) < 4.78 is 0. The normalized spacial score (nSPS) is 27.3. The van der Waals surface area contributed by atoms with Crippen molar-refractivity contribution in [2.75, 3.05) is 0 Å². The molecular formula is C5H7NO. The van der Waals surface area contributed by atoms with Gasteiger partial charge in [-0.25, -0.2) is 0 Å². The quantitative estimate of drug-likeness (QED) is 0.445. The average Bonchev–Trinajstić information content (AvgIpc) is 1.69. The highest BCUT2D eigenvalue weighted by atomic mass is 16.3. The van der Waals surface area contributed by atoms with Gasteiger partial charge in [-0.15, -0.1) is 0 Å². The highest BCUT2D eigenvalue weighted by Crippen LogP contribution is 1.87. The lowest BCUT2D eigenvalue weighted by Gasteiger charge is -2.06. The number of rotatable bonds is 0. The zero-order valence-corrected chi connectivity index (χ0v) is 3.83.